The van der Waals surface area contributed by atoms with E-state index in [4.69, 9.17) is 19.3 Å². The van der Waals surface area contributed by atoms with Crippen molar-refractivity contribution < 1.29 is 28.5 Å². The second kappa shape index (κ2) is 11.2. The van der Waals surface area contributed by atoms with Crippen molar-refractivity contribution in [2.24, 2.45) is 0 Å². The van der Waals surface area contributed by atoms with Crippen LogP contribution < -0.4 is 19.1 Å². The molecule has 0 saturated heterocycles. The number of carbonyl (C=O) groups is 1. The molecule has 0 spiro atoms. The quantitative estimate of drug-likeness (QED) is 0.458. The molecule has 7 nitrogen and oxygen atoms in total. The second-order valence-corrected chi connectivity index (χ2v) is 7.41. The van der Waals surface area contributed by atoms with Crippen LogP contribution in [0.15, 0.2) is 54.6 Å². The molecule has 0 unspecified atom stereocenters. The Hall–Kier alpha value is -3.81. The number of carboxylic acids is 1. The Labute approximate surface area is 192 Å². The molecular weight excluding hydrogens is 427 g/mol. The van der Waals surface area contributed by atoms with Crippen molar-refractivity contribution in [2.75, 3.05) is 26.2 Å². The molecule has 0 aliphatic heterocycles. The van der Waals surface area contributed by atoms with E-state index in [1.165, 1.54) is 13.2 Å². The standard InChI is InChI=1S/C25H27FN2O5/c1-31-20-9-4-17(5-10-20)15-28(16-18-6-11-21(32-2)12-7-18)24-22(26)14-19(8-13-23(29)30)25(27-24)33-3/h4-7,9-12,14H,8,13,15-16H2,1-3H3,(H,29,30). The fourth-order valence-electron chi connectivity index (χ4n) is 3.43. The first-order valence-electron chi connectivity index (χ1n) is 10.4. The molecular formula is C25H27FN2O5. The van der Waals surface area contributed by atoms with Crippen LogP contribution in [-0.2, 0) is 24.3 Å². The third-order valence-corrected chi connectivity index (χ3v) is 5.16. The Bertz CT molecular complexity index is 1020. The lowest BCUT2D eigenvalue weighted by Gasteiger charge is -2.25. The molecule has 174 valence electrons. The van der Waals surface area contributed by atoms with Gasteiger partial charge in [0.25, 0.3) is 0 Å². The first kappa shape index (κ1) is 23.8. The van der Waals surface area contributed by atoms with Crippen molar-refractivity contribution in [1.82, 2.24) is 4.98 Å². The fourth-order valence-corrected chi connectivity index (χ4v) is 3.43. The zero-order valence-electron chi connectivity index (χ0n) is 18.9. The summed E-state index contributed by atoms with van der Waals surface area (Å²) in [5, 5.41) is 8.97. The van der Waals surface area contributed by atoms with Gasteiger partial charge in [-0.1, -0.05) is 24.3 Å². The normalized spacial score (nSPS) is 10.5. The third kappa shape index (κ3) is 6.35. The van der Waals surface area contributed by atoms with Crippen LogP contribution >= 0.6 is 0 Å². The summed E-state index contributed by atoms with van der Waals surface area (Å²) in [5.74, 6) is 0.281. The highest BCUT2D eigenvalue weighted by Gasteiger charge is 2.20. The molecule has 0 radical (unpaired) electrons. The summed E-state index contributed by atoms with van der Waals surface area (Å²) in [6.45, 7) is 0.773. The number of halogens is 1. The van der Waals surface area contributed by atoms with Gasteiger partial charge in [-0.15, -0.1) is 0 Å². The van der Waals surface area contributed by atoms with Gasteiger partial charge in [-0.3, -0.25) is 4.79 Å². The van der Waals surface area contributed by atoms with Crippen molar-refractivity contribution in [3.8, 4) is 17.4 Å². The number of ether oxygens (including phenoxy) is 3. The van der Waals surface area contributed by atoms with E-state index in [-0.39, 0.29) is 24.5 Å². The minimum atomic E-state index is -0.970. The van der Waals surface area contributed by atoms with Gasteiger partial charge in [0.2, 0.25) is 5.88 Å². The Morgan fingerprint density at radius 2 is 1.42 bits per heavy atom. The molecule has 0 fully saturated rings. The topological polar surface area (TPSA) is 81.1 Å². The summed E-state index contributed by atoms with van der Waals surface area (Å²) in [7, 11) is 4.64. The van der Waals surface area contributed by atoms with E-state index in [1.807, 2.05) is 53.4 Å². The summed E-state index contributed by atoms with van der Waals surface area (Å²) in [6, 6.07) is 16.3. The third-order valence-electron chi connectivity index (χ3n) is 5.16. The summed E-state index contributed by atoms with van der Waals surface area (Å²) in [4.78, 5) is 17.2. The molecule has 2 aromatic carbocycles. The number of anilines is 1. The van der Waals surface area contributed by atoms with Crippen molar-refractivity contribution in [1.29, 1.82) is 0 Å². The maximum atomic E-state index is 15.2. The van der Waals surface area contributed by atoms with Crippen LogP contribution in [-0.4, -0.2) is 37.4 Å². The number of carboxylic acid groups (broad SMARTS) is 1. The number of hydrogen-bond acceptors (Lipinski definition) is 6. The second-order valence-electron chi connectivity index (χ2n) is 7.41. The maximum Gasteiger partial charge on any atom is 0.303 e. The Balaban J connectivity index is 1.96. The average molecular weight is 454 g/mol. The minimum Gasteiger partial charge on any atom is -0.497 e. The van der Waals surface area contributed by atoms with Crippen molar-refractivity contribution in [3.63, 3.8) is 0 Å². The summed E-state index contributed by atoms with van der Waals surface area (Å²) >= 11 is 0. The molecule has 0 amide bonds. The number of pyridine rings is 1. The van der Waals surface area contributed by atoms with Gasteiger partial charge in [0.15, 0.2) is 11.6 Å². The van der Waals surface area contributed by atoms with Crippen molar-refractivity contribution in [2.45, 2.75) is 25.9 Å². The maximum absolute atomic E-state index is 15.2. The van der Waals surface area contributed by atoms with Gasteiger partial charge in [-0.2, -0.15) is 4.98 Å². The fraction of sp³-hybridized carbons (Fsp3) is 0.280. The first-order valence-corrected chi connectivity index (χ1v) is 10.4. The lowest BCUT2D eigenvalue weighted by molar-refractivity contribution is -0.136. The van der Waals surface area contributed by atoms with Gasteiger partial charge in [0.1, 0.15) is 11.5 Å². The van der Waals surface area contributed by atoms with E-state index in [0.29, 0.717) is 18.7 Å². The summed E-state index contributed by atoms with van der Waals surface area (Å²) < 4.78 is 31.0. The monoisotopic (exact) mass is 454 g/mol. The molecule has 0 aliphatic rings. The number of methoxy groups -OCH3 is 3. The van der Waals surface area contributed by atoms with Crippen molar-refractivity contribution >= 4 is 11.8 Å². The lowest BCUT2D eigenvalue weighted by atomic mass is 10.1. The molecule has 1 aromatic heterocycles. The van der Waals surface area contributed by atoms with Gasteiger partial charge in [0.05, 0.1) is 21.3 Å². The number of nitrogens with zero attached hydrogens (tertiary/aromatic N) is 2. The van der Waals surface area contributed by atoms with Crippen LogP contribution in [0, 0.1) is 5.82 Å². The molecule has 0 bridgehead atoms. The van der Waals surface area contributed by atoms with Gasteiger partial charge in [-0.05, 0) is 47.9 Å². The Kier molecular flexibility index (Phi) is 8.07. The predicted molar refractivity (Wildman–Crippen MR) is 123 cm³/mol. The van der Waals surface area contributed by atoms with Gasteiger partial charge >= 0.3 is 5.97 Å². The minimum absolute atomic E-state index is 0.123. The smallest absolute Gasteiger partial charge is 0.303 e. The van der Waals surface area contributed by atoms with Gasteiger partial charge in [-0.25, -0.2) is 4.39 Å². The van der Waals surface area contributed by atoms with E-state index in [2.05, 4.69) is 4.98 Å². The average Bonchev–Trinajstić information content (AvgIpc) is 2.83. The van der Waals surface area contributed by atoms with Crippen LogP contribution in [0.25, 0.3) is 0 Å². The molecule has 8 heteroatoms. The number of aliphatic carboxylic acids is 1. The van der Waals surface area contributed by atoms with Gasteiger partial charge in [0, 0.05) is 25.1 Å². The Morgan fingerprint density at radius 3 is 1.85 bits per heavy atom. The zero-order valence-corrected chi connectivity index (χ0v) is 18.9. The zero-order chi connectivity index (χ0) is 23.8. The first-order chi connectivity index (χ1) is 15.9. The van der Waals surface area contributed by atoms with Crippen LogP contribution in [0.4, 0.5) is 10.2 Å². The largest absolute Gasteiger partial charge is 0.497 e. The number of hydrogen-bond donors (Lipinski definition) is 1. The molecule has 1 N–H and O–H groups in total. The van der Waals surface area contributed by atoms with E-state index in [0.717, 1.165) is 22.6 Å². The van der Waals surface area contributed by atoms with E-state index >= 15 is 4.39 Å². The van der Waals surface area contributed by atoms with Crippen LogP contribution in [0.5, 0.6) is 17.4 Å². The molecule has 0 saturated carbocycles. The molecule has 0 aliphatic carbocycles. The number of benzene rings is 2. The van der Waals surface area contributed by atoms with Crippen LogP contribution in [0.1, 0.15) is 23.1 Å². The Morgan fingerprint density at radius 1 is 0.909 bits per heavy atom. The highest BCUT2D eigenvalue weighted by molar-refractivity contribution is 5.67. The van der Waals surface area contributed by atoms with E-state index < -0.39 is 11.8 Å². The predicted octanol–water partition coefficient (Wildman–Crippen LogP) is 4.47. The van der Waals surface area contributed by atoms with Crippen LogP contribution in [0.3, 0.4) is 0 Å². The SMILES string of the molecule is COc1ccc(CN(Cc2ccc(OC)cc2)c2nc(OC)c(CCC(=O)O)cc2F)cc1. The molecule has 3 aromatic rings. The molecule has 0 atom stereocenters. The highest BCUT2D eigenvalue weighted by Crippen LogP contribution is 2.29. The van der Waals surface area contributed by atoms with Gasteiger partial charge < -0.3 is 24.2 Å². The van der Waals surface area contributed by atoms with Crippen molar-refractivity contribution in [3.05, 3.63) is 77.1 Å². The number of rotatable bonds is 11. The highest BCUT2D eigenvalue weighted by atomic mass is 19.1. The summed E-state index contributed by atoms with van der Waals surface area (Å²) in [6.07, 6.45) is -0.0160. The molecule has 33 heavy (non-hydrogen) atoms. The lowest BCUT2D eigenvalue weighted by Crippen LogP contribution is -2.25. The molecule has 1 heterocycles. The number of aryl methyl sites for hydroxylation is 1. The summed E-state index contributed by atoms with van der Waals surface area (Å²) in [5.41, 5.74) is 2.30. The molecule has 3 rings (SSSR count). The number of aromatic nitrogens is 1. The van der Waals surface area contributed by atoms with Crippen LogP contribution in [0.2, 0.25) is 0 Å². The van der Waals surface area contributed by atoms with E-state index in [1.54, 1.807) is 14.2 Å². The van der Waals surface area contributed by atoms with E-state index in [9.17, 15) is 4.79 Å².